The van der Waals surface area contributed by atoms with Crippen molar-refractivity contribution in [3.8, 4) is 11.5 Å². The van der Waals surface area contributed by atoms with Crippen molar-refractivity contribution in [1.82, 2.24) is 0 Å². The van der Waals surface area contributed by atoms with Crippen LogP contribution in [0.4, 0.5) is 0 Å². The number of fused-ring (bicyclic) bond motifs is 1. The molecule has 2 rings (SSSR count). The van der Waals surface area contributed by atoms with Crippen LogP contribution in [-0.4, -0.2) is 19.0 Å². The van der Waals surface area contributed by atoms with E-state index in [4.69, 9.17) is 9.47 Å². The second kappa shape index (κ2) is 3.67. The Bertz CT molecular complexity index is 458. The van der Waals surface area contributed by atoms with E-state index in [9.17, 15) is 4.79 Å². The van der Waals surface area contributed by atoms with E-state index in [2.05, 4.69) is 0 Å². The van der Waals surface area contributed by atoms with E-state index in [1.165, 1.54) is 0 Å². The van der Waals surface area contributed by atoms with E-state index < -0.39 is 5.60 Å². The number of hydrogen-bond donors (Lipinski definition) is 0. The van der Waals surface area contributed by atoms with Gasteiger partial charge in [-0.1, -0.05) is 0 Å². The summed E-state index contributed by atoms with van der Waals surface area (Å²) in [4.78, 5) is 10.9. The molecular formula is C13H14O3. The topological polar surface area (TPSA) is 35.5 Å². The van der Waals surface area contributed by atoms with Crippen molar-refractivity contribution >= 4 is 12.4 Å². The van der Waals surface area contributed by atoms with Crippen LogP contribution < -0.4 is 9.47 Å². The molecule has 0 spiro atoms. The molecule has 0 fully saturated rings. The minimum Gasteiger partial charge on any atom is -0.496 e. The normalized spacial score (nSPS) is 16.2. The van der Waals surface area contributed by atoms with Gasteiger partial charge in [0.05, 0.1) is 18.2 Å². The third kappa shape index (κ3) is 1.69. The summed E-state index contributed by atoms with van der Waals surface area (Å²) in [6.45, 7) is 3.89. The number of carbonyl (C=O) groups excluding carboxylic acids is 1. The average Bonchev–Trinajstić information content (AvgIpc) is 2.26. The molecule has 1 aliphatic heterocycles. The molecule has 0 bridgehead atoms. The first kappa shape index (κ1) is 10.7. The van der Waals surface area contributed by atoms with Crippen molar-refractivity contribution in [1.29, 1.82) is 0 Å². The number of aldehydes is 1. The zero-order chi connectivity index (χ0) is 11.8. The van der Waals surface area contributed by atoms with Crippen LogP contribution in [0.1, 0.15) is 29.8 Å². The van der Waals surface area contributed by atoms with Gasteiger partial charge in [0.2, 0.25) is 0 Å². The fourth-order valence-corrected chi connectivity index (χ4v) is 1.72. The van der Waals surface area contributed by atoms with Crippen LogP contribution in [-0.2, 0) is 0 Å². The molecule has 0 saturated carbocycles. The Hall–Kier alpha value is -1.77. The van der Waals surface area contributed by atoms with E-state index in [1.54, 1.807) is 19.2 Å². The Labute approximate surface area is 94.7 Å². The van der Waals surface area contributed by atoms with Crippen molar-refractivity contribution in [2.75, 3.05) is 7.11 Å². The van der Waals surface area contributed by atoms with E-state index in [1.807, 2.05) is 26.0 Å². The molecule has 0 aliphatic carbocycles. The highest BCUT2D eigenvalue weighted by atomic mass is 16.5. The molecule has 3 heteroatoms. The Kier molecular flexibility index (Phi) is 2.46. The number of hydrogen-bond acceptors (Lipinski definition) is 3. The first-order valence-corrected chi connectivity index (χ1v) is 5.12. The van der Waals surface area contributed by atoms with Crippen LogP contribution in [0.5, 0.6) is 11.5 Å². The van der Waals surface area contributed by atoms with Gasteiger partial charge in [0.15, 0.2) is 6.29 Å². The number of benzene rings is 1. The third-order valence-corrected chi connectivity index (χ3v) is 2.55. The lowest BCUT2D eigenvalue weighted by molar-refractivity contribution is 0.110. The maximum atomic E-state index is 10.9. The molecule has 0 unspecified atom stereocenters. The maximum Gasteiger partial charge on any atom is 0.153 e. The Morgan fingerprint density at radius 2 is 2.12 bits per heavy atom. The average molecular weight is 218 g/mol. The Balaban J connectivity index is 2.62. The molecule has 1 aromatic carbocycles. The zero-order valence-corrected chi connectivity index (χ0v) is 9.61. The minimum atomic E-state index is -0.392. The first-order chi connectivity index (χ1) is 7.57. The summed E-state index contributed by atoms with van der Waals surface area (Å²) >= 11 is 0. The van der Waals surface area contributed by atoms with Gasteiger partial charge in [-0.3, -0.25) is 4.79 Å². The summed E-state index contributed by atoms with van der Waals surface area (Å²) < 4.78 is 11.0. The van der Waals surface area contributed by atoms with Gasteiger partial charge < -0.3 is 9.47 Å². The van der Waals surface area contributed by atoms with Crippen molar-refractivity contribution < 1.29 is 14.3 Å². The van der Waals surface area contributed by atoms with Crippen LogP contribution in [0.15, 0.2) is 18.2 Å². The smallest absolute Gasteiger partial charge is 0.153 e. The fraction of sp³-hybridized carbons (Fsp3) is 0.308. The lowest BCUT2D eigenvalue weighted by Gasteiger charge is -2.29. The zero-order valence-electron chi connectivity index (χ0n) is 9.61. The van der Waals surface area contributed by atoms with Crippen molar-refractivity contribution in [2.45, 2.75) is 19.4 Å². The van der Waals surface area contributed by atoms with Crippen LogP contribution in [0, 0.1) is 0 Å². The van der Waals surface area contributed by atoms with Crippen LogP contribution in [0.2, 0.25) is 0 Å². The summed E-state index contributed by atoms with van der Waals surface area (Å²) in [7, 11) is 1.60. The molecule has 16 heavy (non-hydrogen) atoms. The van der Waals surface area contributed by atoms with Crippen LogP contribution in [0.25, 0.3) is 6.08 Å². The molecule has 84 valence electrons. The highest BCUT2D eigenvalue weighted by Gasteiger charge is 2.25. The fourth-order valence-electron chi connectivity index (χ4n) is 1.72. The van der Waals surface area contributed by atoms with Gasteiger partial charge in [0.1, 0.15) is 17.1 Å². The lowest BCUT2D eigenvalue weighted by Crippen LogP contribution is -2.28. The summed E-state index contributed by atoms with van der Waals surface area (Å²) in [6.07, 6.45) is 4.69. The van der Waals surface area contributed by atoms with Gasteiger partial charge in [-0.05, 0) is 38.1 Å². The SMILES string of the molecule is COc1ccc(C=O)c2c1C=CC(C)(C)O2. The first-order valence-electron chi connectivity index (χ1n) is 5.12. The summed E-state index contributed by atoms with van der Waals surface area (Å²) in [5, 5.41) is 0. The second-order valence-corrected chi connectivity index (χ2v) is 4.26. The molecule has 3 nitrogen and oxygen atoms in total. The molecule has 1 aliphatic rings. The van der Waals surface area contributed by atoms with E-state index in [-0.39, 0.29) is 0 Å². The van der Waals surface area contributed by atoms with Crippen LogP contribution in [0.3, 0.4) is 0 Å². The van der Waals surface area contributed by atoms with Gasteiger partial charge in [-0.25, -0.2) is 0 Å². The molecule has 1 aromatic rings. The minimum absolute atomic E-state index is 0.392. The highest BCUT2D eigenvalue weighted by molar-refractivity contribution is 5.85. The predicted octanol–water partition coefficient (Wildman–Crippen LogP) is 2.69. The standard InChI is InChI=1S/C13H14O3/c1-13(2)7-6-10-11(15-3)5-4-9(8-14)12(10)16-13/h4-8H,1-3H3. The number of methoxy groups -OCH3 is 1. The van der Waals surface area contributed by atoms with Crippen molar-refractivity contribution in [3.05, 3.63) is 29.3 Å². The van der Waals surface area contributed by atoms with Gasteiger partial charge in [0.25, 0.3) is 0 Å². The maximum absolute atomic E-state index is 10.9. The Morgan fingerprint density at radius 1 is 1.38 bits per heavy atom. The van der Waals surface area contributed by atoms with Crippen LogP contribution >= 0.6 is 0 Å². The number of carbonyl (C=O) groups is 1. The van der Waals surface area contributed by atoms with Gasteiger partial charge in [-0.2, -0.15) is 0 Å². The Morgan fingerprint density at radius 3 is 2.75 bits per heavy atom. The molecular weight excluding hydrogens is 204 g/mol. The molecule has 0 N–H and O–H groups in total. The van der Waals surface area contributed by atoms with E-state index in [0.29, 0.717) is 17.1 Å². The van der Waals surface area contributed by atoms with Gasteiger partial charge >= 0.3 is 0 Å². The molecule has 0 amide bonds. The largest absolute Gasteiger partial charge is 0.496 e. The van der Waals surface area contributed by atoms with E-state index in [0.717, 1.165) is 11.8 Å². The summed E-state index contributed by atoms with van der Waals surface area (Å²) in [6, 6.07) is 3.48. The molecule has 0 atom stereocenters. The molecule has 0 saturated heterocycles. The van der Waals surface area contributed by atoms with E-state index >= 15 is 0 Å². The second-order valence-electron chi connectivity index (χ2n) is 4.26. The molecule has 0 radical (unpaired) electrons. The number of rotatable bonds is 2. The number of ether oxygens (including phenoxy) is 2. The monoisotopic (exact) mass is 218 g/mol. The van der Waals surface area contributed by atoms with Gasteiger partial charge in [0, 0.05) is 0 Å². The van der Waals surface area contributed by atoms with Gasteiger partial charge in [-0.15, -0.1) is 0 Å². The highest BCUT2D eigenvalue weighted by Crippen LogP contribution is 2.38. The quantitative estimate of drug-likeness (QED) is 0.716. The van der Waals surface area contributed by atoms with Crippen molar-refractivity contribution in [3.63, 3.8) is 0 Å². The van der Waals surface area contributed by atoms with Crippen molar-refractivity contribution in [2.24, 2.45) is 0 Å². The summed E-state index contributed by atoms with van der Waals surface area (Å²) in [5.74, 6) is 1.31. The third-order valence-electron chi connectivity index (χ3n) is 2.55. The molecule has 1 heterocycles. The summed E-state index contributed by atoms with van der Waals surface area (Å²) in [5.41, 5.74) is 0.983. The lowest BCUT2D eigenvalue weighted by atomic mass is 9.99. The predicted molar refractivity (Wildman–Crippen MR) is 62.1 cm³/mol. The molecule has 0 aromatic heterocycles.